The molecule has 2 aromatic rings. The molecule has 1 unspecified atom stereocenters. The molecule has 1 saturated heterocycles. The minimum absolute atomic E-state index is 0.00619. The lowest BCUT2D eigenvalue weighted by Crippen LogP contribution is -2.24. The van der Waals surface area contributed by atoms with Gasteiger partial charge in [0.15, 0.2) is 5.82 Å². The van der Waals surface area contributed by atoms with Crippen LogP contribution in [0.1, 0.15) is 18.2 Å². The third-order valence-electron chi connectivity index (χ3n) is 3.08. The summed E-state index contributed by atoms with van der Waals surface area (Å²) in [4.78, 5) is 17.5. The Balaban J connectivity index is 1.86. The predicted octanol–water partition coefficient (Wildman–Crippen LogP) is 2.38. The third kappa shape index (κ3) is 2.19. The molecule has 0 saturated carbocycles. The number of halogens is 2. The molecule has 7 heteroatoms. The Kier molecular flexibility index (Phi) is 2.94. The molecule has 5 nitrogen and oxygen atoms in total. The van der Waals surface area contributed by atoms with Crippen molar-refractivity contribution in [2.75, 3.05) is 11.4 Å². The van der Waals surface area contributed by atoms with Gasteiger partial charge in [-0.15, -0.1) is 0 Å². The standard InChI is InChI=1S/C12H9ClFN3O2/c13-9-4-8(1-2-10(9)14)17-5-7(3-11(17)18)12-15-6-19-16-12/h1-2,4,6-7H,3,5H2. The molecule has 0 spiro atoms. The lowest BCUT2D eigenvalue weighted by Gasteiger charge is -2.16. The van der Waals surface area contributed by atoms with Crippen LogP contribution < -0.4 is 4.90 Å². The van der Waals surface area contributed by atoms with Gasteiger partial charge in [0.1, 0.15) is 5.82 Å². The molecule has 1 aliphatic rings. The first kappa shape index (κ1) is 12.1. The minimum Gasteiger partial charge on any atom is -0.343 e. The Morgan fingerprint density at radius 3 is 3.00 bits per heavy atom. The molecule has 0 N–H and O–H groups in total. The summed E-state index contributed by atoms with van der Waals surface area (Å²) in [6.45, 7) is 0.431. The Bertz CT molecular complexity index is 617. The largest absolute Gasteiger partial charge is 0.343 e. The summed E-state index contributed by atoms with van der Waals surface area (Å²) in [5.41, 5.74) is 0.572. The first-order valence-corrected chi connectivity index (χ1v) is 6.04. The van der Waals surface area contributed by atoms with Crippen LogP contribution in [0.5, 0.6) is 0 Å². The Labute approximate surface area is 113 Å². The SMILES string of the molecule is O=C1CC(c2ncon2)CN1c1ccc(F)c(Cl)c1. The molecule has 1 aromatic heterocycles. The fraction of sp³-hybridized carbons (Fsp3) is 0.250. The summed E-state index contributed by atoms with van der Waals surface area (Å²) < 4.78 is 17.8. The number of amides is 1. The number of benzene rings is 1. The van der Waals surface area contributed by atoms with Gasteiger partial charge in [0, 0.05) is 24.6 Å². The van der Waals surface area contributed by atoms with Crippen LogP contribution in [-0.2, 0) is 4.79 Å². The van der Waals surface area contributed by atoms with E-state index in [2.05, 4.69) is 14.7 Å². The molecule has 1 fully saturated rings. The lowest BCUT2D eigenvalue weighted by molar-refractivity contribution is -0.117. The van der Waals surface area contributed by atoms with Crippen molar-refractivity contribution < 1.29 is 13.7 Å². The molecule has 2 heterocycles. The quantitative estimate of drug-likeness (QED) is 0.848. The van der Waals surface area contributed by atoms with Crippen LogP contribution in [0.3, 0.4) is 0 Å². The molecule has 98 valence electrons. The molecule has 1 atom stereocenters. The van der Waals surface area contributed by atoms with Crippen molar-refractivity contribution in [3.63, 3.8) is 0 Å². The Hall–Kier alpha value is -1.95. The first-order chi connectivity index (χ1) is 9.15. The highest BCUT2D eigenvalue weighted by atomic mass is 35.5. The van der Waals surface area contributed by atoms with Crippen LogP contribution in [0.2, 0.25) is 5.02 Å². The second-order valence-electron chi connectivity index (χ2n) is 4.29. The normalized spacial score (nSPS) is 19.2. The van der Waals surface area contributed by atoms with Crippen LogP contribution in [0.4, 0.5) is 10.1 Å². The van der Waals surface area contributed by atoms with Crippen molar-refractivity contribution in [1.82, 2.24) is 10.1 Å². The number of hydrogen-bond donors (Lipinski definition) is 0. The van der Waals surface area contributed by atoms with Crippen LogP contribution >= 0.6 is 11.6 Å². The van der Waals surface area contributed by atoms with E-state index in [-0.39, 0.29) is 16.8 Å². The molecule has 19 heavy (non-hydrogen) atoms. The summed E-state index contributed by atoms with van der Waals surface area (Å²) in [7, 11) is 0. The van der Waals surface area contributed by atoms with Gasteiger partial charge in [-0.1, -0.05) is 16.8 Å². The molecule has 3 rings (SSSR count). The predicted molar refractivity (Wildman–Crippen MR) is 65.4 cm³/mol. The van der Waals surface area contributed by atoms with Crippen LogP contribution in [0.15, 0.2) is 29.1 Å². The van der Waals surface area contributed by atoms with Gasteiger partial charge in [-0.25, -0.2) is 4.39 Å². The highest BCUT2D eigenvalue weighted by Crippen LogP contribution is 2.31. The zero-order valence-electron chi connectivity index (χ0n) is 9.72. The molecule has 0 bridgehead atoms. The second-order valence-corrected chi connectivity index (χ2v) is 4.70. The monoisotopic (exact) mass is 281 g/mol. The fourth-order valence-electron chi connectivity index (χ4n) is 2.14. The van der Waals surface area contributed by atoms with Gasteiger partial charge in [-0.2, -0.15) is 4.98 Å². The van der Waals surface area contributed by atoms with Crippen LogP contribution in [0.25, 0.3) is 0 Å². The number of hydrogen-bond acceptors (Lipinski definition) is 4. The smallest absolute Gasteiger partial charge is 0.227 e. The van der Waals surface area contributed by atoms with Crippen molar-refractivity contribution >= 4 is 23.2 Å². The zero-order valence-corrected chi connectivity index (χ0v) is 10.5. The van der Waals surface area contributed by atoms with E-state index in [1.165, 1.54) is 24.6 Å². The molecular formula is C12H9ClFN3O2. The van der Waals surface area contributed by atoms with Gasteiger partial charge < -0.3 is 9.42 Å². The topological polar surface area (TPSA) is 59.2 Å². The van der Waals surface area contributed by atoms with Gasteiger partial charge in [-0.05, 0) is 18.2 Å². The van der Waals surface area contributed by atoms with Crippen molar-refractivity contribution in [2.24, 2.45) is 0 Å². The minimum atomic E-state index is -0.508. The first-order valence-electron chi connectivity index (χ1n) is 5.67. The van der Waals surface area contributed by atoms with E-state index in [1.807, 2.05) is 0 Å². The molecule has 1 aliphatic heterocycles. The van der Waals surface area contributed by atoms with E-state index in [0.717, 1.165) is 0 Å². The van der Waals surface area contributed by atoms with Crippen molar-refractivity contribution in [3.05, 3.63) is 41.3 Å². The van der Waals surface area contributed by atoms with Gasteiger partial charge in [0.2, 0.25) is 12.3 Å². The van der Waals surface area contributed by atoms with E-state index < -0.39 is 5.82 Å². The third-order valence-corrected chi connectivity index (χ3v) is 3.37. The Morgan fingerprint density at radius 2 is 2.32 bits per heavy atom. The number of rotatable bonds is 2. The van der Waals surface area contributed by atoms with Gasteiger partial charge in [-0.3, -0.25) is 4.79 Å². The highest BCUT2D eigenvalue weighted by molar-refractivity contribution is 6.31. The molecule has 1 aromatic carbocycles. The maximum absolute atomic E-state index is 13.1. The van der Waals surface area contributed by atoms with Crippen molar-refractivity contribution in [1.29, 1.82) is 0 Å². The highest BCUT2D eigenvalue weighted by Gasteiger charge is 2.34. The van der Waals surface area contributed by atoms with E-state index in [4.69, 9.17) is 11.6 Å². The average molecular weight is 282 g/mol. The van der Waals surface area contributed by atoms with Crippen LogP contribution in [0, 0.1) is 5.82 Å². The summed E-state index contributed by atoms with van der Waals surface area (Å²) in [6, 6.07) is 4.21. The van der Waals surface area contributed by atoms with E-state index in [0.29, 0.717) is 24.5 Å². The second kappa shape index (κ2) is 4.62. The number of anilines is 1. The maximum Gasteiger partial charge on any atom is 0.227 e. The summed E-state index contributed by atoms with van der Waals surface area (Å²) in [6.07, 6.45) is 1.53. The van der Waals surface area contributed by atoms with E-state index in [1.54, 1.807) is 4.90 Å². The lowest BCUT2D eigenvalue weighted by atomic mass is 10.1. The molecule has 1 amide bonds. The maximum atomic E-state index is 13.1. The molecule has 0 radical (unpaired) electrons. The van der Waals surface area contributed by atoms with Crippen molar-refractivity contribution in [3.8, 4) is 0 Å². The summed E-state index contributed by atoms with van der Waals surface area (Å²) >= 11 is 5.72. The zero-order chi connectivity index (χ0) is 13.4. The van der Waals surface area contributed by atoms with Crippen molar-refractivity contribution in [2.45, 2.75) is 12.3 Å². The summed E-state index contributed by atoms with van der Waals surface area (Å²) in [5, 5.41) is 3.74. The van der Waals surface area contributed by atoms with E-state index in [9.17, 15) is 9.18 Å². The Morgan fingerprint density at radius 1 is 1.47 bits per heavy atom. The average Bonchev–Trinajstić information content (AvgIpc) is 3.01. The van der Waals surface area contributed by atoms with E-state index >= 15 is 0 Å². The summed E-state index contributed by atoms with van der Waals surface area (Å²) in [5.74, 6) is -0.191. The number of nitrogens with zero attached hydrogens (tertiary/aromatic N) is 3. The fourth-order valence-corrected chi connectivity index (χ4v) is 2.32. The number of aromatic nitrogens is 2. The number of carbonyl (C=O) groups is 1. The molecular weight excluding hydrogens is 273 g/mol. The van der Waals surface area contributed by atoms with Gasteiger partial charge in [0.25, 0.3) is 0 Å². The van der Waals surface area contributed by atoms with Gasteiger partial charge >= 0.3 is 0 Å². The molecule has 0 aliphatic carbocycles. The van der Waals surface area contributed by atoms with Gasteiger partial charge in [0.05, 0.1) is 5.02 Å². The number of carbonyl (C=O) groups excluding carboxylic acids is 1. The van der Waals surface area contributed by atoms with Crippen LogP contribution in [-0.4, -0.2) is 22.6 Å².